The highest BCUT2D eigenvalue weighted by Crippen LogP contribution is 2.29. The van der Waals surface area contributed by atoms with Crippen molar-refractivity contribution in [2.24, 2.45) is 0 Å². The molecule has 86 valence electrons. The Hall–Kier alpha value is -1.57. The molecular formula is C14H19NO. The van der Waals surface area contributed by atoms with E-state index < -0.39 is 0 Å². The summed E-state index contributed by atoms with van der Waals surface area (Å²) >= 11 is 0. The molecule has 0 atom stereocenters. The van der Waals surface area contributed by atoms with Crippen molar-refractivity contribution in [2.45, 2.75) is 26.3 Å². The zero-order chi connectivity index (χ0) is 12.3. The van der Waals surface area contributed by atoms with Gasteiger partial charge in [0, 0.05) is 17.7 Å². The van der Waals surface area contributed by atoms with E-state index in [1.807, 2.05) is 31.7 Å². The fourth-order valence-corrected chi connectivity index (χ4v) is 1.73. The van der Waals surface area contributed by atoms with Gasteiger partial charge in [0.1, 0.15) is 0 Å². The van der Waals surface area contributed by atoms with Crippen LogP contribution >= 0.6 is 0 Å². The number of amides is 1. The van der Waals surface area contributed by atoms with Gasteiger partial charge in [-0.25, -0.2) is 0 Å². The number of rotatable bonds is 2. The molecule has 1 fully saturated rings. The zero-order valence-corrected chi connectivity index (χ0v) is 10.3. The second kappa shape index (κ2) is 4.52. The van der Waals surface area contributed by atoms with E-state index in [1.165, 1.54) is 0 Å². The van der Waals surface area contributed by atoms with E-state index in [9.17, 15) is 4.79 Å². The van der Waals surface area contributed by atoms with Crippen molar-refractivity contribution in [1.29, 1.82) is 0 Å². The molecule has 0 aromatic carbocycles. The van der Waals surface area contributed by atoms with Crippen LogP contribution in [0, 0.1) is 0 Å². The number of nitrogens with zero attached hydrogens (tertiary/aromatic N) is 1. The van der Waals surface area contributed by atoms with Crippen molar-refractivity contribution in [3.8, 4) is 0 Å². The summed E-state index contributed by atoms with van der Waals surface area (Å²) in [4.78, 5) is 14.0. The predicted octanol–water partition coefficient (Wildman–Crippen LogP) is 2.85. The van der Waals surface area contributed by atoms with Crippen LogP contribution in [0.15, 0.2) is 48.6 Å². The number of hydrogen-bond donors (Lipinski definition) is 0. The molecule has 0 aromatic rings. The first-order valence-electron chi connectivity index (χ1n) is 5.38. The summed E-state index contributed by atoms with van der Waals surface area (Å²) in [6.07, 6.45) is 7.02. The van der Waals surface area contributed by atoms with E-state index in [2.05, 4.69) is 13.2 Å². The topological polar surface area (TPSA) is 20.3 Å². The van der Waals surface area contributed by atoms with Gasteiger partial charge in [-0.3, -0.25) is 4.79 Å². The number of carbonyl (C=O) groups excluding carboxylic acids is 1. The zero-order valence-electron chi connectivity index (χ0n) is 10.3. The molecule has 0 aromatic heterocycles. The van der Waals surface area contributed by atoms with Crippen LogP contribution < -0.4 is 0 Å². The highest BCUT2D eigenvalue weighted by atomic mass is 16.2. The first-order valence-corrected chi connectivity index (χ1v) is 5.38. The number of allylic oxidation sites excluding steroid dienone is 4. The number of hydrogen-bond acceptors (Lipinski definition) is 1. The Kier molecular flexibility index (Phi) is 3.53. The van der Waals surface area contributed by atoms with E-state index in [0.29, 0.717) is 6.54 Å². The lowest BCUT2D eigenvalue weighted by Crippen LogP contribution is -2.42. The van der Waals surface area contributed by atoms with Gasteiger partial charge in [-0.05, 0) is 32.4 Å². The highest BCUT2D eigenvalue weighted by Gasteiger charge is 2.36. The molecule has 0 aliphatic carbocycles. The third-order valence-corrected chi connectivity index (χ3v) is 2.56. The second-order valence-electron chi connectivity index (χ2n) is 4.81. The Morgan fingerprint density at radius 3 is 2.19 bits per heavy atom. The summed E-state index contributed by atoms with van der Waals surface area (Å²) in [5, 5.41) is 0. The van der Waals surface area contributed by atoms with E-state index >= 15 is 0 Å². The van der Waals surface area contributed by atoms with Crippen LogP contribution in [0.4, 0.5) is 0 Å². The van der Waals surface area contributed by atoms with Crippen LogP contribution in [0.2, 0.25) is 0 Å². The lowest BCUT2D eigenvalue weighted by Gasteiger charge is -2.31. The van der Waals surface area contributed by atoms with Crippen molar-refractivity contribution in [3.63, 3.8) is 0 Å². The van der Waals surface area contributed by atoms with Gasteiger partial charge in [0.2, 0.25) is 0 Å². The van der Waals surface area contributed by atoms with Gasteiger partial charge in [0.15, 0.2) is 0 Å². The van der Waals surface area contributed by atoms with Gasteiger partial charge >= 0.3 is 0 Å². The molecule has 1 heterocycles. The fourth-order valence-electron chi connectivity index (χ4n) is 1.73. The fraction of sp³-hybridized carbons (Fsp3) is 0.357. The SMILES string of the molecule is C=C/C=C1/CN(C(C)(C)C)C(=O)/C1=C/C=C. The molecule has 2 heteroatoms. The molecule has 0 saturated carbocycles. The van der Waals surface area contributed by atoms with E-state index in [-0.39, 0.29) is 11.4 Å². The standard InChI is InChI=1S/C14H19NO/c1-6-8-11-10-15(14(3,4)5)13(16)12(11)9-7-2/h6-9H,1-2,10H2,3-5H3/b11-8-,12-9+. The summed E-state index contributed by atoms with van der Waals surface area (Å²) in [5.41, 5.74) is 1.58. The Morgan fingerprint density at radius 1 is 1.19 bits per heavy atom. The number of likely N-dealkylation sites (tertiary alicyclic amines) is 1. The Labute approximate surface area is 97.6 Å². The van der Waals surface area contributed by atoms with Gasteiger partial charge in [-0.1, -0.05) is 31.4 Å². The van der Waals surface area contributed by atoms with Gasteiger partial charge in [0.25, 0.3) is 5.91 Å². The smallest absolute Gasteiger partial charge is 0.254 e. The molecule has 1 amide bonds. The minimum Gasteiger partial charge on any atom is -0.329 e. The molecule has 0 spiro atoms. The maximum atomic E-state index is 12.2. The van der Waals surface area contributed by atoms with Crippen molar-refractivity contribution >= 4 is 5.91 Å². The molecule has 2 nitrogen and oxygen atoms in total. The third-order valence-electron chi connectivity index (χ3n) is 2.56. The number of carbonyl (C=O) groups is 1. The average Bonchev–Trinajstić information content (AvgIpc) is 2.46. The van der Waals surface area contributed by atoms with Gasteiger partial charge in [0.05, 0.1) is 0 Å². The van der Waals surface area contributed by atoms with E-state index in [4.69, 9.17) is 0 Å². The quantitative estimate of drug-likeness (QED) is 0.651. The van der Waals surface area contributed by atoms with Gasteiger partial charge in [-0.15, -0.1) is 0 Å². The van der Waals surface area contributed by atoms with Crippen LogP contribution in [0.1, 0.15) is 20.8 Å². The summed E-state index contributed by atoms with van der Waals surface area (Å²) in [6, 6.07) is 0. The van der Waals surface area contributed by atoms with Gasteiger partial charge < -0.3 is 4.90 Å². The normalized spacial score (nSPS) is 21.9. The summed E-state index contributed by atoms with van der Waals surface area (Å²) in [5.74, 6) is 0.0699. The summed E-state index contributed by atoms with van der Waals surface area (Å²) in [6.45, 7) is 14.1. The Bertz CT molecular complexity index is 380. The van der Waals surface area contributed by atoms with Crippen LogP contribution in [-0.2, 0) is 4.79 Å². The molecular weight excluding hydrogens is 198 g/mol. The molecule has 1 aliphatic heterocycles. The van der Waals surface area contributed by atoms with E-state index in [1.54, 1.807) is 18.2 Å². The molecule has 1 saturated heterocycles. The van der Waals surface area contributed by atoms with Crippen molar-refractivity contribution < 1.29 is 4.79 Å². The minimum atomic E-state index is -0.159. The predicted molar refractivity (Wildman–Crippen MR) is 68.0 cm³/mol. The molecule has 1 rings (SSSR count). The average molecular weight is 217 g/mol. The van der Waals surface area contributed by atoms with Crippen molar-refractivity contribution in [3.05, 3.63) is 48.6 Å². The monoisotopic (exact) mass is 217 g/mol. The highest BCUT2D eigenvalue weighted by molar-refractivity contribution is 6.02. The molecule has 0 radical (unpaired) electrons. The van der Waals surface area contributed by atoms with Crippen molar-refractivity contribution in [2.75, 3.05) is 6.54 Å². The van der Waals surface area contributed by atoms with Crippen LogP contribution in [-0.4, -0.2) is 22.9 Å². The molecule has 0 bridgehead atoms. The molecule has 1 aliphatic rings. The Balaban J connectivity index is 3.16. The summed E-state index contributed by atoms with van der Waals surface area (Å²) in [7, 11) is 0. The first-order chi connectivity index (χ1) is 7.41. The third kappa shape index (κ3) is 2.32. The Morgan fingerprint density at radius 2 is 1.75 bits per heavy atom. The second-order valence-corrected chi connectivity index (χ2v) is 4.81. The minimum absolute atomic E-state index is 0.0699. The molecule has 16 heavy (non-hydrogen) atoms. The lowest BCUT2D eigenvalue weighted by atomic mass is 10.1. The lowest BCUT2D eigenvalue weighted by molar-refractivity contribution is -0.128. The molecule has 0 N–H and O–H groups in total. The largest absolute Gasteiger partial charge is 0.329 e. The van der Waals surface area contributed by atoms with Crippen LogP contribution in [0.5, 0.6) is 0 Å². The van der Waals surface area contributed by atoms with Gasteiger partial charge in [-0.2, -0.15) is 0 Å². The maximum Gasteiger partial charge on any atom is 0.254 e. The van der Waals surface area contributed by atoms with E-state index in [0.717, 1.165) is 11.1 Å². The van der Waals surface area contributed by atoms with Crippen LogP contribution in [0.25, 0.3) is 0 Å². The van der Waals surface area contributed by atoms with Crippen molar-refractivity contribution in [1.82, 2.24) is 4.90 Å². The van der Waals surface area contributed by atoms with Crippen LogP contribution in [0.3, 0.4) is 0 Å². The maximum absolute atomic E-state index is 12.2. The summed E-state index contributed by atoms with van der Waals surface area (Å²) < 4.78 is 0. The molecule has 0 unspecified atom stereocenters. The first kappa shape index (κ1) is 12.5.